The molecule has 0 fully saturated rings. The van der Waals surface area contributed by atoms with Crippen LogP contribution in [0.3, 0.4) is 0 Å². The fraction of sp³-hybridized carbons (Fsp3) is 0.200. The molecule has 4 aromatic rings. The van der Waals surface area contributed by atoms with Crippen LogP contribution in [0.15, 0.2) is 48.7 Å². The largest absolute Gasteiger partial charge is 0.459 e. The lowest BCUT2D eigenvalue weighted by molar-refractivity contribution is -0.291. The molecular formula is C20H14ClF5N6O. The fourth-order valence-electron chi connectivity index (χ4n) is 3.08. The molecular weight excluding hydrogens is 471 g/mol. The molecule has 0 bridgehead atoms. The van der Waals surface area contributed by atoms with E-state index < -0.39 is 29.4 Å². The van der Waals surface area contributed by atoms with Crippen molar-refractivity contribution in [2.24, 2.45) is 0 Å². The van der Waals surface area contributed by atoms with Crippen LogP contribution in [0.2, 0.25) is 5.02 Å². The van der Waals surface area contributed by atoms with Crippen LogP contribution in [-0.4, -0.2) is 36.5 Å². The number of rotatable bonds is 5. The second-order valence-corrected chi connectivity index (χ2v) is 7.52. The Balaban J connectivity index is 1.63. The van der Waals surface area contributed by atoms with Gasteiger partial charge in [0.15, 0.2) is 17.2 Å². The minimum Gasteiger partial charge on any atom is -0.302 e. The minimum absolute atomic E-state index is 0.0281. The summed E-state index contributed by atoms with van der Waals surface area (Å²) in [5.74, 6) is -6.15. The number of fused-ring (bicyclic) bond motifs is 1. The average Bonchev–Trinajstić information content (AvgIpc) is 3.30. The molecule has 0 unspecified atom stereocenters. The Morgan fingerprint density at radius 2 is 1.79 bits per heavy atom. The number of benzene rings is 1. The maximum absolute atomic E-state index is 14.0. The number of carbonyl (C=O) groups is 1. The summed E-state index contributed by atoms with van der Waals surface area (Å²) >= 11 is 6.12. The zero-order valence-electron chi connectivity index (χ0n) is 16.7. The lowest BCUT2D eigenvalue weighted by Crippen LogP contribution is -2.36. The number of carbonyl (C=O) groups excluding carboxylic acids is 1. The van der Waals surface area contributed by atoms with E-state index in [1.165, 1.54) is 17.8 Å². The third-order valence-electron chi connectivity index (χ3n) is 4.60. The zero-order chi connectivity index (χ0) is 24.0. The molecule has 1 amide bonds. The first-order chi connectivity index (χ1) is 15.5. The van der Waals surface area contributed by atoms with E-state index in [-0.39, 0.29) is 22.2 Å². The Morgan fingerprint density at radius 1 is 1.09 bits per heavy atom. The van der Waals surface area contributed by atoms with Crippen molar-refractivity contribution in [1.82, 2.24) is 24.4 Å². The van der Waals surface area contributed by atoms with Crippen LogP contribution < -0.4 is 5.32 Å². The van der Waals surface area contributed by atoms with E-state index in [0.29, 0.717) is 17.1 Å². The Labute approximate surface area is 187 Å². The van der Waals surface area contributed by atoms with E-state index in [1.54, 1.807) is 0 Å². The smallest absolute Gasteiger partial charge is 0.302 e. The van der Waals surface area contributed by atoms with Gasteiger partial charge >= 0.3 is 12.1 Å². The highest BCUT2D eigenvalue weighted by molar-refractivity contribution is 6.33. The number of alkyl halides is 5. The van der Waals surface area contributed by atoms with Crippen LogP contribution in [0, 0.1) is 6.92 Å². The molecule has 172 valence electrons. The van der Waals surface area contributed by atoms with Crippen molar-refractivity contribution in [2.75, 3.05) is 5.32 Å². The molecule has 3 aromatic heterocycles. The Bertz CT molecular complexity index is 1330. The van der Waals surface area contributed by atoms with Crippen LogP contribution in [0.1, 0.15) is 27.4 Å². The molecule has 1 aromatic carbocycles. The first-order valence-electron chi connectivity index (χ1n) is 9.36. The van der Waals surface area contributed by atoms with Gasteiger partial charge in [-0.25, -0.2) is 9.50 Å². The number of amides is 1. The number of aryl methyl sites for hydroxylation is 1. The third kappa shape index (κ3) is 4.38. The number of hydrogen-bond acceptors (Lipinski definition) is 4. The highest BCUT2D eigenvalue weighted by Gasteiger charge is 2.60. The Kier molecular flexibility index (Phi) is 5.56. The number of nitrogens with zero attached hydrogens (tertiary/aromatic N) is 5. The Morgan fingerprint density at radius 3 is 2.45 bits per heavy atom. The van der Waals surface area contributed by atoms with E-state index in [0.717, 1.165) is 11.6 Å². The summed E-state index contributed by atoms with van der Waals surface area (Å²) in [4.78, 5) is 16.5. The lowest BCUT2D eigenvalue weighted by atomic mass is 10.2. The van der Waals surface area contributed by atoms with Crippen molar-refractivity contribution < 1.29 is 26.7 Å². The quantitative estimate of drug-likeness (QED) is 0.411. The average molecular weight is 485 g/mol. The second-order valence-electron chi connectivity index (χ2n) is 7.12. The van der Waals surface area contributed by atoms with E-state index in [9.17, 15) is 26.7 Å². The first-order valence-corrected chi connectivity index (χ1v) is 9.74. The van der Waals surface area contributed by atoms with Crippen molar-refractivity contribution in [2.45, 2.75) is 25.6 Å². The molecule has 1 N–H and O–H groups in total. The zero-order valence-corrected chi connectivity index (χ0v) is 17.5. The van der Waals surface area contributed by atoms with Gasteiger partial charge in [0.1, 0.15) is 10.7 Å². The molecule has 0 spiro atoms. The van der Waals surface area contributed by atoms with Crippen LogP contribution in [0.4, 0.5) is 27.8 Å². The van der Waals surface area contributed by atoms with Gasteiger partial charge in [-0.05, 0) is 18.6 Å². The highest BCUT2D eigenvalue weighted by Crippen LogP contribution is 2.43. The van der Waals surface area contributed by atoms with Crippen molar-refractivity contribution >= 4 is 29.0 Å². The van der Waals surface area contributed by atoms with Gasteiger partial charge in [0.2, 0.25) is 0 Å². The monoisotopic (exact) mass is 484 g/mol. The maximum atomic E-state index is 14.0. The molecule has 0 aliphatic heterocycles. The number of anilines is 1. The van der Waals surface area contributed by atoms with Gasteiger partial charge in [-0.1, -0.05) is 41.9 Å². The van der Waals surface area contributed by atoms with Crippen molar-refractivity contribution in [3.63, 3.8) is 0 Å². The SMILES string of the molecule is Cc1cc(C(F)(F)C(F)(F)F)n2nc(C(=O)Nc3nn(Cc4ccccc4)cc3Cl)cc2n1. The molecule has 0 aliphatic carbocycles. The molecule has 33 heavy (non-hydrogen) atoms. The van der Waals surface area contributed by atoms with Gasteiger partial charge in [0.25, 0.3) is 5.91 Å². The van der Waals surface area contributed by atoms with Crippen LogP contribution >= 0.6 is 11.6 Å². The fourth-order valence-corrected chi connectivity index (χ4v) is 3.28. The summed E-state index contributed by atoms with van der Waals surface area (Å²) in [6.07, 6.45) is -4.39. The number of hydrogen-bond donors (Lipinski definition) is 1. The number of aromatic nitrogens is 5. The summed E-state index contributed by atoms with van der Waals surface area (Å²) in [7, 11) is 0. The molecule has 13 heteroatoms. The van der Waals surface area contributed by atoms with Gasteiger partial charge in [-0.15, -0.1) is 0 Å². The van der Waals surface area contributed by atoms with Gasteiger partial charge in [0, 0.05) is 18.0 Å². The molecule has 7 nitrogen and oxygen atoms in total. The summed E-state index contributed by atoms with van der Waals surface area (Å²) in [5, 5.41) is 10.3. The number of halogens is 6. The summed E-state index contributed by atoms with van der Waals surface area (Å²) in [6, 6.07) is 10.8. The normalized spacial score (nSPS) is 12.3. The van der Waals surface area contributed by atoms with Gasteiger partial charge in [0.05, 0.1) is 6.54 Å². The molecule has 0 atom stereocenters. The predicted molar refractivity (Wildman–Crippen MR) is 108 cm³/mol. The number of nitrogens with one attached hydrogen (secondary N) is 1. The third-order valence-corrected chi connectivity index (χ3v) is 4.88. The van der Waals surface area contributed by atoms with E-state index >= 15 is 0 Å². The molecule has 0 saturated heterocycles. The molecule has 4 rings (SSSR count). The topological polar surface area (TPSA) is 77.1 Å². The van der Waals surface area contributed by atoms with Gasteiger partial charge < -0.3 is 5.32 Å². The summed E-state index contributed by atoms with van der Waals surface area (Å²) in [5.41, 5.74) is -1.42. The highest BCUT2D eigenvalue weighted by atomic mass is 35.5. The van der Waals surface area contributed by atoms with Crippen LogP contribution in [-0.2, 0) is 12.5 Å². The molecule has 0 saturated carbocycles. The van der Waals surface area contributed by atoms with E-state index in [4.69, 9.17) is 11.6 Å². The van der Waals surface area contributed by atoms with Gasteiger partial charge in [-0.3, -0.25) is 9.48 Å². The van der Waals surface area contributed by atoms with Crippen molar-refractivity contribution in [1.29, 1.82) is 0 Å². The molecule has 3 heterocycles. The Hall–Kier alpha value is -3.54. The first kappa shape index (κ1) is 22.6. The predicted octanol–water partition coefficient (Wildman–Crippen LogP) is 4.84. The lowest BCUT2D eigenvalue weighted by Gasteiger charge is -2.20. The summed E-state index contributed by atoms with van der Waals surface area (Å²) < 4.78 is 68.6. The molecule has 0 radical (unpaired) electrons. The maximum Gasteiger partial charge on any atom is 0.459 e. The van der Waals surface area contributed by atoms with Crippen LogP contribution in [0.5, 0.6) is 0 Å². The van der Waals surface area contributed by atoms with E-state index in [2.05, 4.69) is 20.5 Å². The van der Waals surface area contributed by atoms with Gasteiger partial charge in [-0.2, -0.15) is 32.1 Å². The van der Waals surface area contributed by atoms with E-state index in [1.807, 2.05) is 30.3 Å². The van der Waals surface area contributed by atoms with Crippen LogP contribution in [0.25, 0.3) is 5.65 Å². The minimum atomic E-state index is -5.86. The van der Waals surface area contributed by atoms with Crippen molar-refractivity contribution in [3.05, 3.63) is 76.3 Å². The molecule has 0 aliphatic rings. The second kappa shape index (κ2) is 8.10. The summed E-state index contributed by atoms with van der Waals surface area (Å²) in [6.45, 7) is 1.62. The van der Waals surface area contributed by atoms with Crippen molar-refractivity contribution in [3.8, 4) is 0 Å². The standard InChI is InChI=1S/C20H14ClF5N6O/c1-11-7-15(19(22,23)20(24,25)26)32-16(27-11)8-14(29-32)18(33)28-17-13(21)10-31(30-17)9-12-5-3-2-4-6-12/h2-8,10H,9H2,1H3,(H,28,30,33).